The highest BCUT2D eigenvalue weighted by Gasteiger charge is 2.56. The van der Waals surface area contributed by atoms with Crippen LogP contribution in [0.3, 0.4) is 0 Å². The molecule has 0 aromatic heterocycles. The zero-order valence-electron chi connectivity index (χ0n) is 43.0. The fourth-order valence-electron chi connectivity index (χ4n) is 12.0. The van der Waals surface area contributed by atoms with Gasteiger partial charge in [0.25, 0.3) is 0 Å². The fraction of sp³-hybridized carbons (Fsp3) is 0.0811. The van der Waals surface area contributed by atoms with Gasteiger partial charge in [-0.1, -0.05) is 294 Å². The maximum Gasteiger partial charge on any atom is 0.0720 e. The fourth-order valence-corrected chi connectivity index (χ4v) is 12.0. The number of hydrogen-bond donors (Lipinski definition) is 1. The largest absolute Gasteiger partial charge is 0.399 e. The van der Waals surface area contributed by atoms with Crippen LogP contribution in [-0.2, 0) is 10.8 Å². The summed E-state index contributed by atoms with van der Waals surface area (Å²) in [6.07, 6.45) is 7.76. The summed E-state index contributed by atoms with van der Waals surface area (Å²) in [5, 5.41) is 2.58. The van der Waals surface area contributed by atoms with Crippen LogP contribution in [0.1, 0.15) is 82.8 Å². The Morgan fingerprint density at radius 2 is 0.840 bits per heavy atom. The van der Waals surface area contributed by atoms with Crippen molar-refractivity contribution in [2.75, 3.05) is 5.73 Å². The number of nitrogen functional groups attached to an aromatic ring is 1. The number of allylic oxidation sites excluding steroid dienone is 3. The molecule has 0 atom stereocenters. The monoisotopic (exact) mass is 963 g/mol. The number of fused-ring (bicyclic) bond motifs is 10. The zero-order valence-corrected chi connectivity index (χ0v) is 43.0. The van der Waals surface area contributed by atoms with Gasteiger partial charge >= 0.3 is 0 Å². The van der Waals surface area contributed by atoms with E-state index in [9.17, 15) is 0 Å². The summed E-state index contributed by atoms with van der Waals surface area (Å²) in [5.74, 6) is 0. The number of hydrogen-bond acceptors (Lipinski definition) is 1. The Bertz CT molecular complexity index is 3710. The lowest BCUT2D eigenvalue weighted by Gasteiger charge is -2.50. The molecule has 11 aromatic rings. The molecule has 0 heterocycles. The second-order valence-corrected chi connectivity index (χ2v) is 19.2. The molecular formula is C74H61N. The molecular weight excluding hydrogens is 903 g/mol. The van der Waals surface area contributed by atoms with E-state index < -0.39 is 10.8 Å². The van der Waals surface area contributed by atoms with Crippen LogP contribution < -0.4 is 5.73 Å². The SMILES string of the molecule is CC.CC/C=C(\C=C/c1ccc(-c2ccccc2)cc1)c1cccc2ccccc12.Nc1ccc(-c2ccc3c(c2)C2(c4ccccc4-3)c3ccccc3C(c3ccccc3)(c3ccccc3)c3ccccc32)cc1. The smallest absolute Gasteiger partial charge is 0.0720 e. The third kappa shape index (κ3) is 8.51. The van der Waals surface area contributed by atoms with Crippen molar-refractivity contribution in [2.45, 2.75) is 38.0 Å². The molecule has 2 N–H and O–H groups in total. The van der Waals surface area contributed by atoms with E-state index in [0.29, 0.717) is 0 Å². The van der Waals surface area contributed by atoms with Gasteiger partial charge in [0.1, 0.15) is 0 Å². The molecule has 75 heavy (non-hydrogen) atoms. The first kappa shape index (κ1) is 48.2. The maximum atomic E-state index is 6.09. The first-order chi connectivity index (χ1) is 37.1. The van der Waals surface area contributed by atoms with Crippen LogP contribution in [-0.4, -0.2) is 0 Å². The van der Waals surface area contributed by atoms with E-state index in [1.807, 2.05) is 26.0 Å². The summed E-state index contributed by atoms with van der Waals surface area (Å²) in [6, 6.07) is 99.2. The minimum Gasteiger partial charge on any atom is -0.399 e. The van der Waals surface area contributed by atoms with Gasteiger partial charge in [-0.05, 0) is 130 Å². The highest BCUT2D eigenvalue weighted by molar-refractivity contribution is 5.97. The summed E-state index contributed by atoms with van der Waals surface area (Å²) < 4.78 is 0. The number of anilines is 1. The Kier molecular flexibility index (Phi) is 13.6. The summed E-state index contributed by atoms with van der Waals surface area (Å²) in [4.78, 5) is 0. The highest BCUT2D eigenvalue weighted by atomic mass is 14.6. The number of nitrogens with two attached hydrogens (primary N) is 1. The van der Waals surface area contributed by atoms with Gasteiger partial charge in [-0.3, -0.25) is 0 Å². The molecule has 11 aromatic carbocycles. The first-order valence-corrected chi connectivity index (χ1v) is 26.5. The van der Waals surface area contributed by atoms with E-state index in [-0.39, 0.29) is 0 Å². The predicted octanol–water partition coefficient (Wildman–Crippen LogP) is 19.0. The van der Waals surface area contributed by atoms with Crippen molar-refractivity contribution in [1.29, 1.82) is 0 Å². The first-order valence-electron chi connectivity index (χ1n) is 26.5. The third-order valence-corrected chi connectivity index (χ3v) is 15.2. The minimum absolute atomic E-state index is 0.490. The van der Waals surface area contributed by atoms with E-state index in [1.165, 1.54) is 105 Å². The van der Waals surface area contributed by atoms with Gasteiger partial charge in [-0.25, -0.2) is 0 Å². The van der Waals surface area contributed by atoms with Crippen molar-refractivity contribution in [2.24, 2.45) is 0 Å². The lowest BCUT2D eigenvalue weighted by atomic mass is 9.51. The Labute approximate surface area is 443 Å². The molecule has 362 valence electrons. The number of benzene rings is 11. The highest BCUT2D eigenvalue weighted by Crippen LogP contribution is 2.64. The molecule has 0 bridgehead atoms. The summed E-state index contributed by atoms with van der Waals surface area (Å²) in [5.41, 5.74) is 27.6. The van der Waals surface area contributed by atoms with Crippen molar-refractivity contribution in [3.05, 3.63) is 341 Å². The van der Waals surface area contributed by atoms with Crippen molar-refractivity contribution in [3.8, 4) is 33.4 Å². The predicted molar refractivity (Wildman–Crippen MR) is 320 cm³/mol. The molecule has 0 unspecified atom stereocenters. The van der Waals surface area contributed by atoms with Crippen molar-refractivity contribution in [1.82, 2.24) is 0 Å². The molecule has 2 aliphatic rings. The molecule has 1 heteroatoms. The van der Waals surface area contributed by atoms with Crippen LogP contribution in [0, 0.1) is 0 Å². The Hall–Kier alpha value is -9.04. The second-order valence-electron chi connectivity index (χ2n) is 19.2. The summed E-state index contributed by atoms with van der Waals surface area (Å²) in [7, 11) is 0. The molecule has 0 aliphatic heterocycles. The quantitative estimate of drug-likeness (QED) is 0.119. The van der Waals surface area contributed by atoms with E-state index >= 15 is 0 Å². The van der Waals surface area contributed by atoms with E-state index in [4.69, 9.17) is 5.73 Å². The molecule has 0 amide bonds. The average Bonchev–Trinajstić information content (AvgIpc) is 3.94. The molecule has 2 aliphatic carbocycles. The topological polar surface area (TPSA) is 26.0 Å². The minimum atomic E-state index is -0.493. The van der Waals surface area contributed by atoms with Crippen LogP contribution >= 0.6 is 0 Å². The van der Waals surface area contributed by atoms with Gasteiger partial charge in [0.15, 0.2) is 0 Å². The number of rotatable bonds is 8. The Morgan fingerprint density at radius 1 is 0.387 bits per heavy atom. The van der Waals surface area contributed by atoms with Gasteiger partial charge in [0, 0.05) is 5.69 Å². The van der Waals surface area contributed by atoms with Crippen LogP contribution in [0.15, 0.2) is 285 Å². The zero-order chi connectivity index (χ0) is 51.2. The third-order valence-electron chi connectivity index (χ3n) is 15.2. The molecule has 0 saturated heterocycles. The second kappa shape index (κ2) is 21.2. The van der Waals surface area contributed by atoms with Gasteiger partial charge in [0.2, 0.25) is 0 Å². The Balaban J connectivity index is 0.000000173. The van der Waals surface area contributed by atoms with Crippen LogP contribution in [0.5, 0.6) is 0 Å². The molecule has 13 rings (SSSR count). The lowest BCUT2D eigenvalue weighted by molar-refractivity contribution is 0.624. The van der Waals surface area contributed by atoms with Gasteiger partial charge in [0.05, 0.1) is 10.8 Å². The van der Waals surface area contributed by atoms with Crippen molar-refractivity contribution < 1.29 is 0 Å². The lowest BCUT2D eigenvalue weighted by Crippen LogP contribution is -2.44. The van der Waals surface area contributed by atoms with Crippen LogP contribution in [0.4, 0.5) is 5.69 Å². The van der Waals surface area contributed by atoms with Crippen LogP contribution in [0.2, 0.25) is 0 Å². The molecule has 1 spiro atoms. The summed E-state index contributed by atoms with van der Waals surface area (Å²) >= 11 is 0. The van der Waals surface area contributed by atoms with Crippen molar-refractivity contribution >= 4 is 28.1 Å². The van der Waals surface area contributed by atoms with Gasteiger partial charge < -0.3 is 5.73 Å². The van der Waals surface area contributed by atoms with E-state index in [0.717, 1.165) is 12.1 Å². The van der Waals surface area contributed by atoms with E-state index in [1.54, 1.807) is 0 Å². The van der Waals surface area contributed by atoms with Crippen molar-refractivity contribution in [3.63, 3.8) is 0 Å². The average molecular weight is 964 g/mol. The summed E-state index contributed by atoms with van der Waals surface area (Å²) in [6.45, 7) is 6.19. The van der Waals surface area contributed by atoms with Crippen LogP contribution in [0.25, 0.3) is 55.8 Å². The molecule has 1 nitrogen and oxygen atoms in total. The normalized spacial score (nSPS) is 13.3. The standard InChI is InChI=1S/C44H31N.C28H24.C2H6/c45-34-26-23-30(24-27-34)31-25-28-36-35-17-7-8-18-37(35)44(42(36)29-31)40-21-11-9-19-38(40)43(32-13-3-1-4-14-32,33-15-5-2-6-16-33)39-20-10-12-22-41(39)44;1-2-9-25(28-15-8-13-26-12-6-7-14-27(26)28)21-18-22-16-19-24(20-17-22)23-10-4-3-5-11-23;1-2/h1-29H,45H2;3-21H,2H2,1H3;1-2H3/b;21-18-,25-9+;. The molecule has 0 radical (unpaired) electrons. The Morgan fingerprint density at radius 3 is 1.45 bits per heavy atom. The maximum absolute atomic E-state index is 6.09. The molecule has 0 saturated carbocycles. The van der Waals surface area contributed by atoms with E-state index in [2.05, 4.69) is 286 Å². The van der Waals surface area contributed by atoms with Gasteiger partial charge in [-0.15, -0.1) is 0 Å². The molecule has 0 fully saturated rings. The van der Waals surface area contributed by atoms with Gasteiger partial charge in [-0.2, -0.15) is 0 Å².